The number of benzene rings is 2. The Morgan fingerprint density at radius 2 is 1.84 bits per heavy atom. The van der Waals surface area contributed by atoms with Crippen LogP contribution < -0.4 is 10.0 Å². The van der Waals surface area contributed by atoms with Crippen LogP contribution in [0, 0.1) is 24.0 Å². The number of carbonyl (C=O) groups excluding carboxylic acids is 1. The van der Waals surface area contributed by atoms with Gasteiger partial charge in [0.1, 0.15) is 17.9 Å². The topological polar surface area (TPSA) is 136 Å². The first-order valence-corrected chi connectivity index (χ1v) is 10.8. The monoisotopic (exact) mass is 463 g/mol. The minimum absolute atomic E-state index is 0.0537. The number of anilines is 2. The molecule has 12 heteroatoms. The van der Waals surface area contributed by atoms with Crippen molar-refractivity contribution in [3.63, 3.8) is 0 Å². The minimum Gasteiger partial charge on any atom is -0.324 e. The van der Waals surface area contributed by atoms with Crippen LogP contribution in [0.4, 0.5) is 17.1 Å². The SMILES string of the molecule is Cc1nn(CC(=O)Nc2cccc(S(=O)(=O)Nc3ccc(Cl)cc3)c2)c(C)c1[N+](=O)[O-]. The van der Waals surface area contributed by atoms with Gasteiger partial charge >= 0.3 is 5.69 Å². The van der Waals surface area contributed by atoms with E-state index >= 15 is 0 Å². The molecule has 31 heavy (non-hydrogen) atoms. The predicted molar refractivity (Wildman–Crippen MR) is 116 cm³/mol. The molecule has 3 rings (SSSR count). The van der Waals surface area contributed by atoms with Crippen molar-refractivity contribution in [1.82, 2.24) is 9.78 Å². The third kappa shape index (κ3) is 5.19. The molecule has 0 aliphatic carbocycles. The predicted octanol–water partition coefficient (Wildman–Crippen LogP) is 3.50. The van der Waals surface area contributed by atoms with Crippen molar-refractivity contribution in [2.75, 3.05) is 10.0 Å². The Morgan fingerprint density at radius 3 is 2.45 bits per heavy atom. The molecule has 2 aromatic carbocycles. The summed E-state index contributed by atoms with van der Waals surface area (Å²) in [5.74, 6) is -0.513. The number of halogens is 1. The van der Waals surface area contributed by atoms with Crippen LogP contribution >= 0.6 is 11.6 Å². The van der Waals surface area contributed by atoms with E-state index in [1.165, 1.54) is 54.9 Å². The number of amides is 1. The van der Waals surface area contributed by atoms with Crippen molar-refractivity contribution in [1.29, 1.82) is 0 Å². The van der Waals surface area contributed by atoms with Gasteiger partial charge in [0.25, 0.3) is 10.0 Å². The molecule has 162 valence electrons. The maximum Gasteiger partial charge on any atom is 0.312 e. The Hall–Kier alpha value is -3.44. The van der Waals surface area contributed by atoms with Gasteiger partial charge in [-0.2, -0.15) is 5.10 Å². The Bertz CT molecular complexity index is 1260. The van der Waals surface area contributed by atoms with Crippen molar-refractivity contribution in [3.8, 4) is 0 Å². The Morgan fingerprint density at radius 1 is 1.16 bits per heavy atom. The fourth-order valence-corrected chi connectivity index (χ4v) is 4.15. The Kier molecular flexibility index (Phi) is 6.27. The summed E-state index contributed by atoms with van der Waals surface area (Å²) in [7, 11) is -3.90. The van der Waals surface area contributed by atoms with Crippen LogP contribution in [0.5, 0.6) is 0 Å². The highest BCUT2D eigenvalue weighted by Gasteiger charge is 2.23. The molecule has 0 radical (unpaired) electrons. The number of hydrogen-bond donors (Lipinski definition) is 2. The second-order valence-corrected chi connectivity index (χ2v) is 8.74. The Labute approximate surface area is 183 Å². The molecule has 1 heterocycles. The number of aryl methyl sites for hydroxylation is 1. The fourth-order valence-electron chi connectivity index (χ4n) is 2.92. The number of nitrogens with one attached hydrogen (secondary N) is 2. The normalized spacial score (nSPS) is 11.2. The summed E-state index contributed by atoms with van der Waals surface area (Å²) in [4.78, 5) is 22.9. The number of nitro groups is 1. The van der Waals surface area contributed by atoms with E-state index in [1.54, 1.807) is 12.1 Å². The first kappa shape index (κ1) is 22.2. The summed E-state index contributed by atoms with van der Waals surface area (Å²) in [6, 6.07) is 11.9. The lowest BCUT2D eigenvalue weighted by Crippen LogP contribution is -2.21. The van der Waals surface area contributed by atoms with E-state index < -0.39 is 20.9 Å². The van der Waals surface area contributed by atoms with Gasteiger partial charge < -0.3 is 5.32 Å². The Balaban J connectivity index is 1.74. The summed E-state index contributed by atoms with van der Waals surface area (Å²) in [5, 5.41) is 18.2. The lowest BCUT2D eigenvalue weighted by atomic mass is 10.3. The van der Waals surface area contributed by atoms with Crippen molar-refractivity contribution in [2.45, 2.75) is 25.3 Å². The molecule has 1 aromatic heterocycles. The molecule has 0 fully saturated rings. The molecule has 2 N–H and O–H groups in total. The molecule has 0 unspecified atom stereocenters. The fraction of sp³-hybridized carbons (Fsp3) is 0.158. The van der Waals surface area contributed by atoms with E-state index in [0.717, 1.165) is 0 Å². The van der Waals surface area contributed by atoms with E-state index in [-0.39, 0.29) is 34.2 Å². The van der Waals surface area contributed by atoms with Crippen LogP contribution in [0.2, 0.25) is 5.02 Å². The molecule has 1 amide bonds. The van der Waals surface area contributed by atoms with Crippen molar-refractivity contribution >= 4 is 44.6 Å². The molecule has 0 spiro atoms. The number of nitrogens with zero attached hydrogens (tertiary/aromatic N) is 3. The van der Waals surface area contributed by atoms with Crippen LogP contribution in [-0.2, 0) is 21.4 Å². The number of carbonyl (C=O) groups is 1. The summed E-state index contributed by atoms with van der Waals surface area (Å²) in [6.45, 7) is 2.73. The number of hydrogen-bond acceptors (Lipinski definition) is 6. The van der Waals surface area contributed by atoms with Crippen LogP contribution in [0.1, 0.15) is 11.4 Å². The third-order valence-corrected chi connectivity index (χ3v) is 5.97. The zero-order chi connectivity index (χ0) is 22.8. The molecule has 0 aliphatic heterocycles. The van der Waals surface area contributed by atoms with Gasteiger partial charge in [0.2, 0.25) is 5.91 Å². The second-order valence-electron chi connectivity index (χ2n) is 6.62. The van der Waals surface area contributed by atoms with Crippen molar-refractivity contribution in [3.05, 3.63) is 75.1 Å². The van der Waals surface area contributed by atoms with Crippen LogP contribution in [0.3, 0.4) is 0 Å². The molecule has 10 nitrogen and oxygen atoms in total. The zero-order valence-electron chi connectivity index (χ0n) is 16.5. The van der Waals surface area contributed by atoms with Crippen LogP contribution in [0.15, 0.2) is 53.4 Å². The number of sulfonamides is 1. The number of rotatable bonds is 7. The molecule has 0 saturated heterocycles. The molecular formula is C19H18ClN5O5S. The maximum absolute atomic E-state index is 12.6. The summed E-state index contributed by atoms with van der Waals surface area (Å²) >= 11 is 5.81. The van der Waals surface area contributed by atoms with Gasteiger partial charge in [0, 0.05) is 16.4 Å². The third-order valence-electron chi connectivity index (χ3n) is 4.34. The van der Waals surface area contributed by atoms with Crippen molar-refractivity contribution in [2.24, 2.45) is 0 Å². The largest absolute Gasteiger partial charge is 0.324 e. The van der Waals surface area contributed by atoms with Gasteiger partial charge in [-0.1, -0.05) is 17.7 Å². The van der Waals surface area contributed by atoms with E-state index in [4.69, 9.17) is 11.6 Å². The molecule has 0 saturated carbocycles. The second kappa shape index (κ2) is 8.74. The summed E-state index contributed by atoms with van der Waals surface area (Å²) in [6.07, 6.45) is 0. The van der Waals surface area contributed by atoms with Gasteiger partial charge in [-0.3, -0.25) is 24.3 Å². The average Bonchev–Trinajstić information content (AvgIpc) is 2.96. The van der Waals surface area contributed by atoms with Crippen molar-refractivity contribution < 1.29 is 18.1 Å². The maximum atomic E-state index is 12.6. The lowest BCUT2D eigenvalue weighted by molar-refractivity contribution is -0.386. The van der Waals surface area contributed by atoms with Gasteiger partial charge in [-0.25, -0.2) is 8.42 Å². The molecule has 0 bridgehead atoms. The standard InChI is InChI=1S/C19H18ClN5O5S/c1-12-19(25(27)28)13(2)24(22-12)11-18(26)21-16-4-3-5-17(10-16)31(29,30)23-15-8-6-14(20)7-9-15/h3-10,23H,11H2,1-2H3,(H,21,26). The van der Waals surface area contributed by atoms with Crippen LogP contribution in [-0.4, -0.2) is 29.0 Å². The van der Waals surface area contributed by atoms with Crippen LogP contribution in [0.25, 0.3) is 0 Å². The van der Waals surface area contributed by atoms with Gasteiger partial charge in [-0.15, -0.1) is 0 Å². The highest BCUT2D eigenvalue weighted by molar-refractivity contribution is 7.92. The first-order chi connectivity index (χ1) is 14.6. The number of aromatic nitrogens is 2. The molecule has 0 atom stereocenters. The van der Waals surface area contributed by atoms with E-state index in [9.17, 15) is 23.3 Å². The van der Waals surface area contributed by atoms with Gasteiger partial charge in [0.05, 0.1) is 9.82 Å². The molecule has 3 aromatic rings. The lowest BCUT2D eigenvalue weighted by Gasteiger charge is -2.11. The average molecular weight is 464 g/mol. The van der Waals surface area contributed by atoms with E-state index in [2.05, 4.69) is 15.1 Å². The van der Waals surface area contributed by atoms with E-state index in [1.807, 2.05) is 0 Å². The quantitative estimate of drug-likeness (QED) is 0.406. The molecule has 0 aliphatic rings. The summed E-state index contributed by atoms with van der Waals surface area (Å²) < 4.78 is 28.9. The highest BCUT2D eigenvalue weighted by Crippen LogP contribution is 2.23. The summed E-state index contributed by atoms with van der Waals surface area (Å²) in [5.41, 5.74) is 0.900. The minimum atomic E-state index is -3.90. The van der Waals surface area contributed by atoms with Gasteiger partial charge in [0.15, 0.2) is 0 Å². The first-order valence-electron chi connectivity index (χ1n) is 8.93. The molecular weight excluding hydrogens is 446 g/mol. The zero-order valence-corrected chi connectivity index (χ0v) is 18.1. The van der Waals surface area contributed by atoms with E-state index in [0.29, 0.717) is 10.7 Å². The highest BCUT2D eigenvalue weighted by atomic mass is 35.5. The van der Waals surface area contributed by atoms with Gasteiger partial charge in [-0.05, 0) is 56.3 Å². The smallest absolute Gasteiger partial charge is 0.312 e.